The van der Waals surface area contributed by atoms with Crippen molar-refractivity contribution in [1.29, 1.82) is 0 Å². The third-order valence-corrected chi connectivity index (χ3v) is 6.02. The number of nitrogens with zero attached hydrogens (tertiary/aromatic N) is 1. The number of carbonyl (C=O) groups excluding carboxylic acids is 2. The fourth-order valence-electron chi connectivity index (χ4n) is 4.67. The van der Waals surface area contributed by atoms with Crippen molar-refractivity contribution in [3.05, 3.63) is 35.6 Å². The lowest BCUT2D eigenvalue weighted by molar-refractivity contribution is -0.148. The highest BCUT2D eigenvalue weighted by molar-refractivity contribution is 5.88. The van der Waals surface area contributed by atoms with E-state index in [9.17, 15) is 14.0 Å². The van der Waals surface area contributed by atoms with Crippen molar-refractivity contribution < 1.29 is 18.7 Å². The molecule has 1 saturated heterocycles. The maximum Gasteiger partial charge on any atom is 0.225 e. The average Bonchev–Trinajstić information content (AvgIpc) is 2.62. The standard InChI is InChI=1S/C20H24FNO3/c21-17-6-4-13(5-7-17)18-12-22(8-9-25-18)20(24)16-10-14-2-1-3-15(11-16)19(14)23/h4-7,14-16,18H,1-3,8-12H2. The number of carbonyl (C=O) groups is 2. The van der Waals surface area contributed by atoms with Crippen LogP contribution in [0, 0.1) is 23.6 Å². The molecule has 0 N–H and O–H groups in total. The molecule has 0 radical (unpaired) electrons. The maximum atomic E-state index is 13.1. The number of ether oxygens (including phenoxy) is 1. The summed E-state index contributed by atoms with van der Waals surface area (Å²) in [5, 5.41) is 0. The Balaban J connectivity index is 1.43. The summed E-state index contributed by atoms with van der Waals surface area (Å²) in [4.78, 5) is 27.1. The SMILES string of the molecule is O=C1C2CCCC1CC(C(=O)N1CCOC(c3ccc(F)cc3)C1)C2. The minimum absolute atomic E-state index is 0.0278. The zero-order chi connectivity index (χ0) is 17.4. The van der Waals surface area contributed by atoms with Gasteiger partial charge in [-0.25, -0.2) is 4.39 Å². The van der Waals surface area contributed by atoms with Gasteiger partial charge >= 0.3 is 0 Å². The van der Waals surface area contributed by atoms with Gasteiger partial charge in [0, 0.05) is 24.3 Å². The molecular formula is C20H24FNO3. The fourth-order valence-corrected chi connectivity index (χ4v) is 4.67. The van der Waals surface area contributed by atoms with Crippen LogP contribution in [0.25, 0.3) is 0 Å². The molecule has 0 aromatic heterocycles. The van der Waals surface area contributed by atoms with Gasteiger partial charge in [-0.05, 0) is 43.4 Å². The number of fused-ring (bicyclic) bond motifs is 2. The van der Waals surface area contributed by atoms with Crippen LogP contribution < -0.4 is 0 Å². The number of morpholine rings is 1. The van der Waals surface area contributed by atoms with Gasteiger partial charge in [0.2, 0.25) is 5.91 Å². The molecule has 1 amide bonds. The number of hydrogen-bond donors (Lipinski definition) is 0. The molecule has 0 spiro atoms. The van der Waals surface area contributed by atoms with Crippen LogP contribution in [0.4, 0.5) is 4.39 Å². The lowest BCUT2D eigenvalue weighted by Crippen LogP contribution is -2.48. The Morgan fingerprint density at radius 3 is 2.48 bits per heavy atom. The topological polar surface area (TPSA) is 46.6 Å². The summed E-state index contributed by atoms with van der Waals surface area (Å²) in [5.74, 6) is 0.443. The van der Waals surface area contributed by atoms with Crippen molar-refractivity contribution in [3.8, 4) is 0 Å². The number of benzene rings is 1. The van der Waals surface area contributed by atoms with Crippen molar-refractivity contribution in [2.45, 2.75) is 38.2 Å². The van der Waals surface area contributed by atoms with Crippen LogP contribution in [-0.4, -0.2) is 36.3 Å². The van der Waals surface area contributed by atoms with Gasteiger partial charge < -0.3 is 9.64 Å². The molecule has 25 heavy (non-hydrogen) atoms. The van der Waals surface area contributed by atoms with Gasteiger partial charge in [0.15, 0.2) is 0 Å². The zero-order valence-electron chi connectivity index (χ0n) is 14.3. The molecule has 3 unspecified atom stereocenters. The average molecular weight is 345 g/mol. The Kier molecular flexibility index (Phi) is 4.59. The second-order valence-corrected chi connectivity index (χ2v) is 7.59. The van der Waals surface area contributed by atoms with E-state index in [1.807, 2.05) is 4.90 Å². The zero-order valence-corrected chi connectivity index (χ0v) is 14.3. The van der Waals surface area contributed by atoms with E-state index in [1.165, 1.54) is 12.1 Å². The fraction of sp³-hybridized carbons (Fsp3) is 0.600. The molecule has 1 aliphatic heterocycles. The van der Waals surface area contributed by atoms with Gasteiger partial charge in [-0.1, -0.05) is 18.6 Å². The molecule has 3 atom stereocenters. The Morgan fingerprint density at radius 2 is 1.80 bits per heavy atom. The largest absolute Gasteiger partial charge is 0.370 e. The van der Waals surface area contributed by atoms with Crippen LogP contribution in [0.1, 0.15) is 43.8 Å². The predicted molar refractivity (Wildman–Crippen MR) is 90.2 cm³/mol. The summed E-state index contributed by atoms with van der Waals surface area (Å²) in [6, 6.07) is 6.29. The first-order valence-electron chi connectivity index (χ1n) is 9.31. The molecule has 2 bridgehead atoms. The first-order chi connectivity index (χ1) is 12.1. The number of ketones is 1. The summed E-state index contributed by atoms with van der Waals surface area (Å²) >= 11 is 0. The molecule has 1 heterocycles. The number of amides is 1. The Bertz CT molecular complexity index is 643. The van der Waals surface area contributed by atoms with E-state index in [0.717, 1.165) is 24.8 Å². The van der Waals surface area contributed by atoms with Crippen molar-refractivity contribution >= 4 is 11.7 Å². The first kappa shape index (κ1) is 16.7. The molecule has 3 fully saturated rings. The molecule has 4 rings (SSSR count). The number of hydrogen-bond acceptors (Lipinski definition) is 3. The molecule has 5 heteroatoms. The third kappa shape index (κ3) is 3.34. The molecule has 1 aromatic carbocycles. The molecule has 1 aromatic rings. The van der Waals surface area contributed by atoms with Crippen LogP contribution in [0.3, 0.4) is 0 Å². The van der Waals surface area contributed by atoms with E-state index in [4.69, 9.17) is 4.74 Å². The molecule has 3 aliphatic rings. The Morgan fingerprint density at radius 1 is 1.12 bits per heavy atom. The monoisotopic (exact) mass is 345 g/mol. The second-order valence-electron chi connectivity index (χ2n) is 7.59. The smallest absolute Gasteiger partial charge is 0.225 e. The van der Waals surface area contributed by atoms with E-state index in [2.05, 4.69) is 0 Å². The molecular weight excluding hydrogens is 321 g/mol. The summed E-state index contributed by atoms with van der Waals surface area (Å²) in [6.45, 7) is 1.59. The highest BCUT2D eigenvalue weighted by atomic mass is 19.1. The van der Waals surface area contributed by atoms with Crippen LogP contribution in [0.2, 0.25) is 0 Å². The Labute approximate surface area is 147 Å². The summed E-state index contributed by atoms with van der Waals surface area (Å²) in [5.41, 5.74) is 0.898. The summed E-state index contributed by atoms with van der Waals surface area (Å²) < 4.78 is 18.9. The van der Waals surface area contributed by atoms with Crippen LogP contribution >= 0.6 is 0 Å². The lowest BCUT2D eigenvalue weighted by atomic mass is 9.67. The lowest BCUT2D eigenvalue weighted by Gasteiger charge is -2.40. The van der Waals surface area contributed by atoms with Gasteiger partial charge in [0.25, 0.3) is 0 Å². The van der Waals surface area contributed by atoms with Crippen molar-refractivity contribution in [3.63, 3.8) is 0 Å². The molecule has 4 nitrogen and oxygen atoms in total. The van der Waals surface area contributed by atoms with Gasteiger partial charge in [0.1, 0.15) is 17.7 Å². The maximum absolute atomic E-state index is 13.1. The van der Waals surface area contributed by atoms with Gasteiger partial charge in [-0.2, -0.15) is 0 Å². The highest BCUT2D eigenvalue weighted by Gasteiger charge is 2.42. The van der Waals surface area contributed by atoms with Gasteiger partial charge in [-0.15, -0.1) is 0 Å². The first-order valence-corrected chi connectivity index (χ1v) is 9.31. The predicted octanol–water partition coefficient (Wildman–Crippen LogP) is 3.12. The van der Waals surface area contributed by atoms with E-state index < -0.39 is 0 Å². The van der Waals surface area contributed by atoms with Gasteiger partial charge in [0.05, 0.1) is 13.2 Å². The number of rotatable bonds is 2. The van der Waals surface area contributed by atoms with Crippen molar-refractivity contribution in [1.82, 2.24) is 4.90 Å². The van der Waals surface area contributed by atoms with Gasteiger partial charge in [-0.3, -0.25) is 9.59 Å². The van der Waals surface area contributed by atoms with Crippen LogP contribution in [-0.2, 0) is 14.3 Å². The number of Topliss-reactive ketones (excluding diaryl/α,β-unsaturated/α-hetero) is 1. The summed E-state index contributed by atoms with van der Waals surface area (Å²) in [6.07, 6.45) is 4.23. The molecule has 2 saturated carbocycles. The normalized spacial score (nSPS) is 32.5. The number of halogens is 1. The van der Waals surface area contributed by atoms with Crippen molar-refractivity contribution in [2.24, 2.45) is 17.8 Å². The molecule has 2 aliphatic carbocycles. The van der Waals surface area contributed by atoms with Crippen LogP contribution in [0.5, 0.6) is 0 Å². The second kappa shape index (κ2) is 6.87. The van der Waals surface area contributed by atoms with E-state index in [-0.39, 0.29) is 35.6 Å². The minimum atomic E-state index is -0.272. The minimum Gasteiger partial charge on any atom is -0.370 e. The quantitative estimate of drug-likeness (QED) is 0.827. The van der Waals surface area contributed by atoms with E-state index >= 15 is 0 Å². The van der Waals surface area contributed by atoms with E-state index in [1.54, 1.807) is 12.1 Å². The Hall–Kier alpha value is -1.75. The molecule has 134 valence electrons. The third-order valence-electron chi connectivity index (χ3n) is 6.02. The van der Waals surface area contributed by atoms with Crippen molar-refractivity contribution in [2.75, 3.05) is 19.7 Å². The van der Waals surface area contributed by atoms with E-state index in [0.29, 0.717) is 38.3 Å². The summed E-state index contributed by atoms with van der Waals surface area (Å²) in [7, 11) is 0. The van der Waals surface area contributed by atoms with Crippen LogP contribution in [0.15, 0.2) is 24.3 Å². The highest BCUT2D eigenvalue weighted by Crippen LogP contribution is 2.41.